The topological polar surface area (TPSA) is 109 Å². The summed E-state index contributed by atoms with van der Waals surface area (Å²) in [6.07, 6.45) is 0.918. The molecule has 1 fully saturated rings. The highest BCUT2D eigenvalue weighted by Crippen LogP contribution is 2.30. The number of carbonyl (C=O) groups is 4. The molecule has 1 atom stereocenters. The zero-order valence-electron chi connectivity index (χ0n) is 17.7. The Morgan fingerprint density at radius 1 is 1.28 bits per heavy atom. The fraction of sp³-hybridized carbons (Fsp3) is 0.600. The molecular weight excluding hydrogens is 378 g/mol. The third-order valence-corrected chi connectivity index (χ3v) is 4.77. The van der Waals surface area contributed by atoms with Gasteiger partial charge in [-0.15, -0.1) is 0 Å². The first-order valence-corrected chi connectivity index (χ1v) is 9.70. The van der Waals surface area contributed by atoms with Crippen molar-refractivity contribution in [2.45, 2.75) is 33.6 Å². The van der Waals surface area contributed by atoms with Gasteiger partial charge in [-0.05, 0) is 47.8 Å². The molecular formula is C20H29N3O6. The van der Waals surface area contributed by atoms with E-state index in [2.05, 4.69) is 5.32 Å². The van der Waals surface area contributed by atoms with E-state index in [0.29, 0.717) is 13.1 Å². The Balaban J connectivity index is 2.13. The number of amides is 2. The van der Waals surface area contributed by atoms with Crippen LogP contribution in [0.5, 0.6) is 0 Å². The van der Waals surface area contributed by atoms with E-state index in [4.69, 9.17) is 9.15 Å². The molecule has 1 aromatic rings. The third kappa shape index (κ3) is 5.44. The van der Waals surface area contributed by atoms with Gasteiger partial charge in [0.25, 0.3) is 0 Å². The average Bonchev–Trinajstić information content (AvgIpc) is 3.15. The number of hydrogen-bond donors (Lipinski definition) is 1. The standard InChI is InChI=1S/C20H29N3O6/c1-6-28-20(27)17-16(12(2)24)13(3)29-19(17)21-18(26)14-10-15(25)23(11-14)9-7-8-22(4)5/h14H,6-11H2,1-5H3,(H,21,26). The number of furan rings is 1. The summed E-state index contributed by atoms with van der Waals surface area (Å²) in [6.45, 7) is 6.37. The molecule has 1 N–H and O–H groups in total. The van der Waals surface area contributed by atoms with Crippen molar-refractivity contribution in [3.63, 3.8) is 0 Å². The van der Waals surface area contributed by atoms with E-state index in [1.165, 1.54) is 6.92 Å². The van der Waals surface area contributed by atoms with Gasteiger partial charge in [0, 0.05) is 19.5 Å². The minimum absolute atomic E-state index is 0.0745. The summed E-state index contributed by atoms with van der Waals surface area (Å²) in [7, 11) is 3.92. The van der Waals surface area contributed by atoms with E-state index in [1.54, 1.807) is 18.7 Å². The number of esters is 1. The number of aryl methyl sites for hydroxylation is 1. The molecule has 0 aliphatic carbocycles. The molecule has 0 spiro atoms. The second kappa shape index (κ2) is 9.69. The van der Waals surface area contributed by atoms with Crippen LogP contribution in [0.1, 0.15) is 53.2 Å². The molecule has 1 unspecified atom stereocenters. The molecule has 0 saturated carbocycles. The van der Waals surface area contributed by atoms with Crippen molar-refractivity contribution in [3.8, 4) is 0 Å². The van der Waals surface area contributed by atoms with E-state index in [9.17, 15) is 19.2 Å². The van der Waals surface area contributed by atoms with Crippen LogP contribution in [0.3, 0.4) is 0 Å². The van der Waals surface area contributed by atoms with E-state index in [-0.39, 0.29) is 47.5 Å². The Bertz CT molecular complexity index is 798. The summed E-state index contributed by atoms with van der Waals surface area (Å²) >= 11 is 0. The van der Waals surface area contributed by atoms with E-state index < -0.39 is 17.8 Å². The molecule has 1 saturated heterocycles. The van der Waals surface area contributed by atoms with Crippen LogP contribution in [-0.4, -0.2) is 73.7 Å². The zero-order valence-corrected chi connectivity index (χ0v) is 17.7. The van der Waals surface area contributed by atoms with Crippen LogP contribution >= 0.6 is 0 Å². The lowest BCUT2D eigenvalue weighted by atomic mass is 10.1. The van der Waals surface area contributed by atoms with Gasteiger partial charge in [-0.2, -0.15) is 0 Å². The predicted molar refractivity (Wildman–Crippen MR) is 106 cm³/mol. The van der Waals surface area contributed by atoms with Gasteiger partial charge < -0.3 is 19.0 Å². The minimum atomic E-state index is -0.738. The number of anilines is 1. The molecule has 9 heteroatoms. The van der Waals surface area contributed by atoms with Crippen molar-refractivity contribution >= 4 is 29.5 Å². The molecule has 0 aromatic carbocycles. The van der Waals surface area contributed by atoms with Crippen LogP contribution in [0.15, 0.2) is 4.42 Å². The second-order valence-corrected chi connectivity index (χ2v) is 7.40. The van der Waals surface area contributed by atoms with Crippen molar-refractivity contribution in [2.24, 2.45) is 5.92 Å². The number of nitrogens with zero attached hydrogens (tertiary/aromatic N) is 2. The van der Waals surface area contributed by atoms with Crippen molar-refractivity contribution < 1.29 is 28.3 Å². The molecule has 0 bridgehead atoms. The Hall–Kier alpha value is -2.68. The first-order chi connectivity index (χ1) is 13.6. The van der Waals surface area contributed by atoms with Crippen LogP contribution < -0.4 is 5.32 Å². The van der Waals surface area contributed by atoms with Gasteiger partial charge in [0.1, 0.15) is 11.3 Å². The first-order valence-electron chi connectivity index (χ1n) is 9.70. The van der Waals surface area contributed by atoms with Gasteiger partial charge in [-0.3, -0.25) is 19.7 Å². The summed E-state index contributed by atoms with van der Waals surface area (Å²) < 4.78 is 10.5. The van der Waals surface area contributed by atoms with Crippen LogP contribution in [-0.2, 0) is 14.3 Å². The number of ketones is 1. The molecule has 29 heavy (non-hydrogen) atoms. The van der Waals surface area contributed by atoms with Crippen LogP contribution in [0, 0.1) is 12.8 Å². The highest BCUT2D eigenvalue weighted by molar-refractivity contribution is 6.11. The van der Waals surface area contributed by atoms with Crippen LogP contribution in [0.25, 0.3) is 0 Å². The lowest BCUT2D eigenvalue weighted by molar-refractivity contribution is -0.128. The van der Waals surface area contributed by atoms with Crippen LogP contribution in [0.4, 0.5) is 5.88 Å². The highest BCUT2D eigenvalue weighted by atomic mass is 16.5. The molecule has 2 amide bonds. The largest absolute Gasteiger partial charge is 0.462 e. The number of nitrogens with one attached hydrogen (secondary N) is 1. The molecule has 2 heterocycles. The predicted octanol–water partition coefficient (Wildman–Crippen LogP) is 1.71. The Labute approximate surface area is 170 Å². The van der Waals surface area contributed by atoms with Gasteiger partial charge in [0.15, 0.2) is 5.78 Å². The zero-order chi connectivity index (χ0) is 21.7. The SMILES string of the molecule is CCOC(=O)c1c(NC(=O)C2CC(=O)N(CCCN(C)C)C2)oc(C)c1C(C)=O. The van der Waals surface area contributed by atoms with Gasteiger partial charge in [0.05, 0.1) is 18.1 Å². The van der Waals surface area contributed by atoms with Crippen molar-refractivity contribution in [2.75, 3.05) is 45.7 Å². The van der Waals surface area contributed by atoms with Crippen LogP contribution in [0.2, 0.25) is 0 Å². The monoisotopic (exact) mass is 407 g/mol. The van der Waals surface area contributed by atoms with Gasteiger partial charge >= 0.3 is 5.97 Å². The Morgan fingerprint density at radius 2 is 1.97 bits per heavy atom. The molecule has 1 aliphatic heterocycles. The molecule has 1 aliphatic rings. The summed E-state index contributed by atoms with van der Waals surface area (Å²) in [5, 5.41) is 2.58. The normalized spacial score (nSPS) is 16.4. The summed E-state index contributed by atoms with van der Waals surface area (Å²) in [6, 6.07) is 0. The fourth-order valence-electron chi connectivity index (χ4n) is 3.41. The number of Topliss-reactive ketones (excluding diaryl/α,β-unsaturated/α-hetero) is 1. The maximum atomic E-state index is 12.7. The van der Waals surface area contributed by atoms with E-state index >= 15 is 0 Å². The Kier molecular flexibility index (Phi) is 7.55. The quantitative estimate of drug-likeness (QED) is 0.490. The number of hydrogen-bond acceptors (Lipinski definition) is 7. The minimum Gasteiger partial charge on any atom is -0.462 e. The molecule has 160 valence electrons. The van der Waals surface area contributed by atoms with E-state index in [1.807, 2.05) is 19.0 Å². The number of rotatable bonds is 9. The lowest BCUT2D eigenvalue weighted by Gasteiger charge is -2.18. The maximum Gasteiger partial charge on any atom is 0.344 e. The third-order valence-electron chi connectivity index (χ3n) is 4.77. The summed E-state index contributed by atoms with van der Waals surface area (Å²) in [5.41, 5.74) is 0.00363. The lowest BCUT2D eigenvalue weighted by Crippen LogP contribution is -2.30. The molecule has 1 aromatic heterocycles. The smallest absolute Gasteiger partial charge is 0.344 e. The number of ether oxygens (including phenoxy) is 1. The van der Waals surface area contributed by atoms with Gasteiger partial charge in [-0.1, -0.05) is 0 Å². The average molecular weight is 407 g/mol. The van der Waals surface area contributed by atoms with Gasteiger partial charge in [0.2, 0.25) is 17.7 Å². The fourth-order valence-corrected chi connectivity index (χ4v) is 3.41. The number of carbonyl (C=O) groups excluding carboxylic acids is 4. The second-order valence-electron chi connectivity index (χ2n) is 7.40. The highest BCUT2D eigenvalue weighted by Gasteiger charge is 2.36. The van der Waals surface area contributed by atoms with E-state index in [0.717, 1.165) is 13.0 Å². The Morgan fingerprint density at radius 3 is 2.55 bits per heavy atom. The molecule has 2 rings (SSSR count). The summed E-state index contributed by atoms with van der Waals surface area (Å²) in [4.78, 5) is 52.9. The number of likely N-dealkylation sites (tertiary alicyclic amines) is 1. The summed E-state index contributed by atoms with van der Waals surface area (Å²) in [5.74, 6) is -2.05. The maximum absolute atomic E-state index is 12.7. The molecule has 0 radical (unpaired) electrons. The van der Waals surface area contributed by atoms with Crippen molar-refractivity contribution in [1.82, 2.24) is 9.80 Å². The van der Waals surface area contributed by atoms with Gasteiger partial charge in [-0.25, -0.2) is 4.79 Å². The van der Waals surface area contributed by atoms with Crippen molar-refractivity contribution in [3.05, 3.63) is 16.9 Å². The van der Waals surface area contributed by atoms with Crippen molar-refractivity contribution in [1.29, 1.82) is 0 Å². The first kappa shape index (κ1) is 22.6. The molecule has 9 nitrogen and oxygen atoms in total.